The van der Waals surface area contributed by atoms with E-state index in [1.165, 1.54) is 24.8 Å². The highest BCUT2D eigenvalue weighted by Crippen LogP contribution is 2.41. The van der Waals surface area contributed by atoms with Crippen LogP contribution in [0.2, 0.25) is 0 Å². The third kappa shape index (κ3) is 2.51. The number of unbranched alkanes of at least 4 members (excludes halogenated alkanes) is 1. The molecule has 0 unspecified atom stereocenters. The van der Waals surface area contributed by atoms with Crippen LogP contribution in [-0.4, -0.2) is 13.2 Å². The van der Waals surface area contributed by atoms with Gasteiger partial charge >= 0.3 is 0 Å². The second kappa shape index (κ2) is 4.67. The lowest BCUT2D eigenvalue weighted by Crippen LogP contribution is -1.89. The first-order chi connectivity index (χ1) is 7.35. The van der Waals surface area contributed by atoms with Gasteiger partial charge in [0.2, 0.25) is 0 Å². The molecule has 0 aliphatic carbocycles. The zero-order valence-electron chi connectivity index (χ0n) is 9.40. The van der Waals surface area contributed by atoms with Crippen LogP contribution in [0.15, 0.2) is 24.3 Å². The molecule has 0 N–H and O–H groups in total. The van der Waals surface area contributed by atoms with Gasteiger partial charge in [-0.2, -0.15) is 0 Å². The van der Waals surface area contributed by atoms with Crippen LogP contribution in [0.5, 0.6) is 5.75 Å². The predicted molar refractivity (Wildman–Crippen MR) is 60.1 cm³/mol. The van der Waals surface area contributed by atoms with Crippen LogP contribution in [0.4, 0.5) is 0 Å². The molecule has 2 atom stereocenters. The van der Waals surface area contributed by atoms with Gasteiger partial charge in [0.1, 0.15) is 11.9 Å². The Hall–Kier alpha value is -1.02. The van der Waals surface area contributed by atoms with E-state index in [2.05, 4.69) is 19.1 Å². The summed E-state index contributed by atoms with van der Waals surface area (Å²) in [6.45, 7) is 2.21. The molecule has 15 heavy (non-hydrogen) atoms. The summed E-state index contributed by atoms with van der Waals surface area (Å²) in [5, 5.41) is 0. The summed E-state index contributed by atoms with van der Waals surface area (Å²) < 4.78 is 10.8. The summed E-state index contributed by atoms with van der Waals surface area (Å²) in [6, 6.07) is 8.17. The molecule has 2 rings (SSSR count). The molecule has 1 saturated heterocycles. The van der Waals surface area contributed by atoms with Gasteiger partial charge in [0.05, 0.1) is 13.2 Å². The molecule has 0 bridgehead atoms. The van der Waals surface area contributed by atoms with Crippen molar-refractivity contribution in [2.24, 2.45) is 0 Å². The molecule has 1 heterocycles. The lowest BCUT2D eigenvalue weighted by molar-refractivity contribution is 0.362. The van der Waals surface area contributed by atoms with E-state index in [1.807, 2.05) is 12.1 Å². The van der Waals surface area contributed by atoms with Crippen LogP contribution in [-0.2, 0) is 4.74 Å². The zero-order valence-corrected chi connectivity index (χ0v) is 9.40. The normalized spacial score (nSPS) is 23.9. The van der Waals surface area contributed by atoms with E-state index >= 15 is 0 Å². The molecular weight excluding hydrogens is 188 g/mol. The third-order valence-electron chi connectivity index (χ3n) is 2.87. The SMILES string of the molecule is CCCC[C@H]1O[C@@H]1c1ccc(OC)cc1. The van der Waals surface area contributed by atoms with Gasteiger partial charge in [-0.3, -0.25) is 0 Å². The minimum Gasteiger partial charge on any atom is -0.497 e. The standard InChI is InChI=1S/C13H18O2/c1-3-4-5-12-13(15-12)10-6-8-11(14-2)9-7-10/h6-9,12-13H,3-5H2,1-2H3/t12-,13-/m1/s1. The molecule has 2 heteroatoms. The average Bonchev–Trinajstić information content (AvgIpc) is 3.06. The Labute approximate surface area is 91.2 Å². The smallest absolute Gasteiger partial charge is 0.118 e. The number of methoxy groups -OCH3 is 1. The van der Waals surface area contributed by atoms with Gasteiger partial charge in [-0.15, -0.1) is 0 Å². The second-order valence-electron chi connectivity index (χ2n) is 4.01. The molecule has 1 fully saturated rings. The number of rotatable bonds is 5. The Morgan fingerprint density at radius 1 is 1.27 bits per heavy atom. The van der Waals surface area contributed by atoms with Gasteiger partial charge in [0, 0.05) is 0 Å². The average molecular weight is 206 g/mol. The van der Waals surface area contributed by atoms with E-state index in [0.29, 0.717) is 12.2 Å². The van der Waals surface area contributed by atoms with E-state index in [4.69, 9.17) is 9.47 Å². The summed E-state index contributed by atoms with van der Waals surface area (Å²) in [7, 11) is 1.69. The molecule has 0 saturated carbocycles. The maximum Gasteiger partial charge on any atom is 0.118 e. The van der Waals surface area contributed by atoms with Gasteiger partial charge in [-0.05, 0) is 24.1 Å². The first-order valence-corrected chi connectivity index (χ1v) is 5.64. The van der Waals surface area contributed by atoms with Gasteiger partial charge < -0.3 is 9.47 Å². The number of benzene rings is 1. The summed E-state index contributed by atoms with van der Waals surface area (Å²) >= 11 is 0. The Kier molecular flexibility index (Phi) is 3.27. The Balaban J connectivity index is 1.89. The summed E-state index contributed by atoms with van der Waals surface area (Å²) in [5.41, 5.74) is 1.27. The first-order valence-electron chi connectivity index (χ1n) is 5.64. The molecule has 1 aliphatic heterocycles. The molecule has 0 spiro atoms. The number of ether oxygens (including phenoxy) is 2. The van der Waals surface area contributed by atoms with Gasteiger partial charge in [0.25, 0.3) is 0 Å². The van der Waals surface area contributed by atoms with E-state index in [0.717, 1.165) is 5.75 Å². The Bertz CT molecular complexity index is 305. The summed E-state index contributed by atoms with van der Waals surface area (Å²) in [5.74, 6) is 0.907. The molecule has 2 nitrogen and oxygen atoms in total. The largest absolute Gasteiger partial charge is 0.497 e. The van der Waals surface area contributed by atoms with Crippen molar-refractivity contribution >= 4 is 0 Å². The van der Waals surface area contributed by atoms with Crippen molar-refractivity contribution in [1.29, 1.82) is 0 Å². The topological polar surface area (TPSA) is 21.8 Å². The molecule has 1 aliphatic rings. The van der Waals surface area contributed by atoms with E-state index in [-0.39, 0.29) is 0 Å². The van der Waals surface area contributed by atoms with Gasteiger partial charge in [-0.25, -0.2) is 0 Å². The molecular formula is C13H18O2. The lowest BCUT2D eigenvalue weighted by atomic mass is 10.1. The summed E-state index contributed by atoms with van der Waals surface area (Å²) in [4.78, 5) is 0. The van der Waals surface area contributed by atoms with Crippen LogP contribution in [0.1, 0.15) is 37.9 Å². The predicted octanol–water partition coefficient (Wildman–Crippen LogP) is 3.33. The molecule has 0 aromatic heterocycles. The van der Waals surface area contributed by atoms with E-state index < -0.39 is 0 Å². The molecule has 1 aromatic rings. The van der Waals surface area contributed by atoms with E-state index in [1.54, 1.807) is 7.11 Å². The van der Waals surface area contributed by atoms with Crippen LogP contribution in [0.3, 0.4) is 0 Å². The van der Waals surface area contributed by atoms with Crippen LogP contribution in [0.25, 0.3) is 0 Å². The van der Waals surface area contributed by atoms with Crippen molar-refractivity contribution in [3.05, 3.63) is 29.8 Å². The Morgan fingerprint density at radius 2 is 2.00 bits per heavy atom. The minimum atomic E-state index is 0.336. The summed E-state index contributed by atoms with van der Waals surface area (Å²) in [6.07, 6.45) is 4.49. The highest BCUT2D eigenvalue weighted by atomic mass is 16.6. The molecule has 0 radical (unpaired) electrons. The fourth-order valence-corrected chi connectivity index (χ4v) is 1.85. The number of hydrogen-bond donors (Lipinski definition) is 0. The van der Waals surface area contributed by atoms with Crippen molar-refractivity contribution in [2.75, 3.05) is 7.11 Å². The minimum absolute atomic E-state index is 0.336. The monoisotopic (exact) mass is 206 g/mol. The molecule has 82 valence electrons. The highest BCUT2D eigenvalue weighted by Gasteiger charge is 2.38. The fraction of sp³-hybridized carbons (Fsp3) is 0.538. The Morgan fingerprint density at radius 3 is 2.60 bits per heavy atom. The van der Waals surface area contributed by atoms with Crippen LogP contribution >= 0.6 is 0 Å². The van der Waals surface area contributed by atoms with Crippen molar-refractivity contribution < 1.29 is 9.47 Å². The maximum atomic E-state index is 5.64. The van der Waals surface area contributed by atoms with Crippen molar-refractivity contribution in [2.45, 2.75) is 38.4 Å². The zero-order chi connectivity index (χ0) is 10.7. The molecule has 0 amide bonds. The van der Waals surface area contributed by atoms with Crippen LogP contribution in [0, 0.1) is 0 Å². The fourth-order valence-electron chi connectivity index (χ4n) is 1.85. The first kappa shape index (κ1) is 10.5. The van der Waals surface area contributed by atoms with Crippen molar-refractivity contribution in [3.63, 3.8) is 0 Å². The third-order valence-corrected chi connectivity index (χ3v) is 2.87. The molecule has 1 aromatic carbocycles. The van der Waals surface area contributed by atoms with Gasteiger partial charge in [-0.1, -0.05) is 31.9 Å². The quantitative estimate of drug-likeness (QED) is 0.689. The van der Waals surface area contributed by atoms with E-state index in [9.17, 15) is 0 Å². The maximum absolute atomic E-state index is 5.64. The second-order valence-corrected chi connectivity index (χ2v) is 4.01. The number of epoxide rings is 1. The lowest BCUT2D eigenvalue weighted by Gasteiger charge is -2.00. The van der Waals surface area contributed by atoms with Gasteiger partial charge in [0.15, 0.2) is 0 Å². The highest BCUT2D eigenvalue weighted by molar-refractivity contribution is 5.30. The van der Waals surface area contributed by atoms with Crippen molar-refractivity contribution in [3.8, 4) is 5.75 Å². The van der Waals surface area contributed by atoms with Crippen LogP contribution < -0.4 is 4.74 Å². The van der Waals surface area contributed by atoms with Crippen molar-refractivity contribution in [1.82, 2.24) is 0 Å². The number of hydrogen-bond acceptors (Lipinski definition) is 2.